The number of alkyl carbamates (subject to hydrolysis) is 1. The number of ether oxygens (including phenoxy) is 1. The van der Waals surface area contributed by atoms with Crippen molar-refractivity contribution in [2.24, 2.45) is 0 Å². The molecule has 0 bridgehead atoms. The van der Waals surface area contributed by atoms with Gasteiger partial charge in [0.2, 0.25) is 0 Å². The zero-order chi connectivity index (χ0) is 14.5. The molecule has 1 atom stereocenters. The van der Waals surface area contributed by atoms with Gasteiger partial charge in [-0.05, 0) is 11.1 Å². The van der Waals surface area contributed by atoms with E-state index in [1.165, 1.54) is 11.1 Å². The van der Waals surface area contributed by atoms with Crippen LogP contribution in [-0.2, 0) is 4.74 Å². The lowest BCUT2D eigenvalue weighted by atomic mass is 9.98. The summed E-state index contributed by atoms with van der Waals surface area (Å²) >= 11 is 0. The lowest BCUT2D eigenvalue weighted by molar-refractivity contribution is 0.138. The normalized spacial score (nSPS) is 17.6. The highest BCUT2D eigenvalue weighted by molar-refractivity contribution is 5.69. The fourth-order valence-electron chi connectivity index (χ4n) is 2.51. The van der Waals surface area contributed by atoms with Crippen molar-refractivity contribution < 1.29 is 9.53 Å². The van der Waals surface area contributed by atoms with Crippen LogP contribution >= 0.6 is 0 Å². The molecule has 2 N–H and O–H groups in total. The lowest BCUT2D eigenvalue weighted by Crippen LogP contribution is -2.33. The molecule has 2 aromatic rings. The van der Waals surface area contributed by atoms with E-state index >= 15 is 0 Å². The number of nitrogens with one attached hydrogen (secondary N) is 2. The summed E-state index contributed by atoms with van der Waals surface area (Å²) in [4.78, 5) is 11.1. The molecule has 21 heavy (non-hydrogen) atoms. The molecule has 2 aromatic carbocycles. The fraction of sp³-hybridized carbons (Fsp3) is 0.235. The van der Waals surface area contributed by atoms with Crippen LogP contribution in [0.3, 0.4) is 0 Å². The Bertz CT molecular complexity index is 547. The summed E-state index contributed by atoms with van der Waals surface area (Å²) in [5, 5.41) is 6.17. The van der Waals surface area contributed by atoms with Gasteiger partial charge in [-0.1, -0.05) is 60.7 Å². The molecular formula is C17H18N2O2. The Balaban J connectivity index is 1.75. The first-order chi connectivity index (χ1) is 10.3. The predicted molar refractivity (Wildman–Crippen MR) is 81.0 cm³/mol. The molecule has 1 aliphatic heterocycles. The van der Waals surface area contributed by atoms with Crippen LogP contribution in [0.4, 0.5) is 4.79 Å². The summed E-state index contributed by atoms with van der Waals surface area (Å²) < 4.78 is 5.17. The van der Waals surface area contributed by atoms with Crippen LogP contribution in [0.1, 0.15) is 17.2 Å². The van der Waals surface area contributed by atoms with E-state index in [9.17, 15) is 4.79 Å². The smallest absolute Gasteiger partial charge is 0.407 e. The third-order valence-electron chi connectivity index (χ3n) is 3.56. The molecule has 0 spiro atoms. The SMILES string of the molecule is O=C1NCC(CNC(c2ccccc2)c2ccccc2)O1. The molecule has 1 heterocycles. The van der Waals surface area contributed by atoms with E-state index in [1.54, 1.807) is 0 Å². The van der Waals surface area contributed by atoms with Crippen molar-refractivity contribution in [1.29, 1.82) is 0 Å². The standard InChI is InChI=1S/C17H18N2O2/c20-17-19-12-15(21-17)11-18-16(13-7-3-1-4-8-13)14-9-5-2-6-10-14/h1-10,15-16,18H,11-12H2,(H,19,20). The van der Waals surface area contributed by atoms with Crippen LogP contribution in [0.2, 0.25) is 0 Å². The van der Waals surface area contributed by atoms with Crippen molar-refractivity contribution in [2.75, 3.05) is 13.1 Å². The van der Waals surface area contributed by atoms with E-state index in [0.717, 1.165) is 0 Å². The minimum absolute atomic E-state index is 0.0895. The second-order valence-corrected chi connectivity index (χ2v) is 5.07. The zero-order valence-electron chi connectivity index (χ0n) is 11.7. The van der Waals surface area contributed by atoms with Crippen molar-refractivity contribution in [1.82, 2.24) is 10.6 Å². The maximum atomic E-state index is 11.1. The highest BCUT2D eigenvalue weighted by Crippen LogP contribution is 2.21. The van der Waals surface area contributed by atoms with E-state index in [2.05, 4.69) is 34.9 Å². The minimum Gasteiger partial charge on any atom is -0.443 e. The summed E-state index contributed by atoms with van der Waals surface area (Å²) in [5.41, 5.74) is 2.39. The molecule has 3 rings (SSSR count). The molecule has 1 amide bonds. The molecule has 4 nitrogen and oxygen atoms in total. The summed E-state index contributed by atoms with van der Waals surface area (Å²) in [6.45, 7) is 1.18. The first-order valence-electron chi connectivity index (χ1n) is 7.10. The molecule has 108 valence electrons. The topological polar surface area (TPSA) is 50.4 Å². The quantitative estimate of drug-likeness (QED) is 0.885. The van der Waals surface area contributed by atoms with Gasteiger partial charge in [-0.25, -0.2) is 4.79 Å². The number of carbonyl (C=O) groups is 1. The maximum Gasteiger partial charge on any atom is 0.407 e. The Morgan fingerprint density at radius 2 is 1.62 bits per heavy atom. The van der Waals surface area contributed by atoms with Gasteiger partial charge in [0.25, 0.3) is 0 Å². The van der Waals surface area contributed by atoms with Gasteiger partial charge in [-0.3, -0.25) is 0 Å². The lowest BCUT2D eigenvalue weighted by Gasteiger charge is -2.21. The molecule has 1 saturated heterocycles. The second-order valence-electron chi connectivity index (χ2n) is 5.07. The van der Waals surface area contributed by atoms with Crippen LogP contribution < -0.4 is 10.6 Å². The average molecular weight is 282 g/mol. The van der Waals surface area contributed by atoms with Gasteiger partial charge in [0.05, 0.1) is 12.6 Å². The van der Waals surface area contributed by atoms with Gasteiger partial charge >= 0.3 is 6.09 Å². The van der Waals surface area contributed by atoms with Gasteiger partial charge < -0.3 is 15.4 Å². The summed E-state index contributed by atoms with van der Waals surface area (Å²) in [6.07, 6.45) is -0.454. The highest BCUT2D eigenvalue weighted by Gasteiger charge is 2.23. The van der Waals surface area contributed by atoms with E-state index in [0.29, 0.717) is 13.1 Å². The van der Waals surface area contributed by atoms with Crippen molar-refractivity contribution in [3.05, 3.63) is 71.8 Å². The number of carbonyl (C=O) groups excluding carboxylic acids is 1. The van der Waals surface area contributed by atoms with E-state index in [1.807, 2.05) is 36.4 Å². The molecule has 4 heteroatoms. The molecular weight excluding hydrogens is 264 g/mol. The van der Waals surface area contributed by atoms with Crippen molar-refractivity contribution in [3.8, 4) is 0 Å². The molecule has 0 aliphatic carbocycles. The van der Waals surface area contributed by atoms with Crippen molar-refractivity contribution in [2.45, 2.75) is 12.1 Å². The minimum atomic E-state index is -0.335. The van der Waals surface area contributed by atoms with Crippen LogP contribution in [0, 0.1) is 0 Å². The van der Waals surface area contributed by atoms with Crippen LogP contribution in [0.5, 0.6) is 0 Å². The zero-order valence-corrected chi connectivity index (χ0v) is 11.7. The van der Waals surface area contributed by atoms with Crippen molar-refractivity contribution >= 4 is 6.09 Å². The molecule has 1 unspecified atom stereocenters. The Morgan fingerprint density at radius 1 is 1.05 bits per heavy atom. The second kappa shape index (κ2) is 6.41. The monoisotopic (exact) mass is 282 g/mol. The molecule has 0 saturated carbocycles. The number of benzene rings is 2. The highest BCUT2D eigenvalue weighted by atomic mass is 16.6. The Morgan fingerprint density at radius 3 is 2.10 bits per heavy atom. The summed E-state index contributed by atoms with van der Waals surface area (Å²) in [5.74, 6) is 0. The Labute approximate surface area is 124 Å². The number of cyclic esters (lactones) is 1. The molecule has 1 fully saturated rings. The van der Waals surface area contributed by atoms with E-state index in [-0.39, 0.29) is 18.2 Å². The Hall–Kier alpha value is -2.33. The number of hydrogen-bond donors (Lipinski definition) is 2. The van der Waals surface area contributed by atoms with E-state index in [4.69, 9.17) is 4.74 Å². The fourth-order valence-corrected chi connectivity index (χ4v) is 2.51. The van der Waals surface area contributed by atoms with Gasteiger partial charge in [-0.2, -0.15) is 0 Å². The first kappa shape index (κ1) is 13.6. The van der Waals surface area contributed by atoms with Gasteiger partial charge in [0.15, 0.2) is 0 Å². The van der Waals surface area contributed by atoms with Gasteiger partial charge in [0, 0.05) is 6.54 Å². The number of rotatable bonds is 5. The van der Waals surface area contributed by atoms with Crippen LogP contribution in [-0.4, -0.2) is 25.3 Å². The van der Waals surface area contributed by atoms with Crippen LogP contribution in [0.25, 0.3) is 0 Å². The van der Waals surface area contributed by atoms with Gasteiger partial charge in [-0.15, -0.1) is 0 Å². The maximum absolute atomic E-state index is 11.1. The van der Waals surface area contributed by atoms with Gasteiger partial charge in [0.1, 0.15) is 6.10 Å². The Kier molecular flexibility index (Phi) is 4.17. The summed E-state index contributed by atoms with van der Waals surface area (Å²) in [6, 6.07) is 20.6. The molecule has 0 aromatic heterocycles. The summed E-state index contributed by atoms with van der Waals surface area (Å²) in [7, 11) is 0. The first-order valence-corrected chi connectivity index (χ1v) is 7.10. The van der Waals surface area contributed by atoms with Crippen molar-refractivity contribution in [3.63, 3.8) is 0 Å². The molecule has 0 radical (unpaired) electrons. The average Bonchev–Trinajstić information content (AvgIpc) is 2.95. The largest absolute Gasteiger partial charge is 0.443 e. The third-order valence-corrected chi connectivity index (χ3v) is 3.56. The number of hydrogen-bond acceptors (Lipinski definition) is 3. The third kappa shape index (κ3) is 3.41. The predicted octanol–water partition coefficient (Wildman–Crippen LogP) is 2.47. The molecule has 1 aliphatic rings. The number of amides is 1. The van der Waals surface area contributed by atoms with E-state index < -0.39 is 0 Å². The van der Waals surface area contributed by atoms with Crippen LogP contribution in [0.15, 0.2) is 60.7 Å².